The van der Waals surface area contributed by atoms with Crippen molar-refractivity contribution in [1.82, 2.24) is 10.0 Å². The lowest BCUT2D eigenvalue weighted by atomic mass is 10.0. The smallest absolute Gasteiger partial charge is 0.243 e. The van der Waals surface area contributed by atoms with E-state index in [1.807, 2.05) is 13.8 Å². The standard InChI is InChI=1S/C14H23FN2O2S/c1-5-10(2)11(3)17-20(18,19)14-8-12(9-16-4)6-7-13(14)15/h6-8,10-11,16-17H,5,9H2,1-4H3. The number of halogens is 1. The van der Waals surface area contributed by atoms with E-state index in [2.05, 4.69) is 10.0 Å². The Hall–Kier alpha value is -0.980. The van der Waals surface area contributed by atoms with E-state index < -0.39 is 15.8 Å². The Morgan fingerprint density at radius 2 is 1.95 bits per heavy atom. The highest BCUT2D eigenvalue weighted by Crippen LogP contribution is 2.18. The molecule has 0 saturated carbocycles. The van der Waals surface area contributed by atoms with E-state index in [1.54, 1.807) is 20.0 Å². The highest BCUT2D eigenvalue weighted by molar-refractivity contribution is 7.89. The number of hydrogen-bond donors (Lipinski definition) is 2. The van der Waals surface area contributed by atoms with E-state index in [9.17, 15) is 12.8 Å². The van der Waals surface area contributed by atoms with Crippen LogP contribution in [0.2, 0.25) is 0 Å². The van der Waals surface area contributed by atoms with Gasteiger partial charge in [-0.25, -0.2) is 17.5 Å². The van der Waals surface area contributed by atoms with Gasteiger partial charge in [-0.2, -0.15) is 0 Å². The third kappa shape index (κ3) is 4.26. The molecule has 0 heterocycles. The molecule has 114 valence electrons. The van der Waals surface area contributed by atoms with Crippen LogP contribution < -0.4 is 10.0 Å². The molecule has 0 saturated heterocycles. The lowest BCUT2D eigenvalue weighted by Crippen LogP contribution is -2.37. The van der Waals surface area contributed by atoms with Crippen molar-refractivity contribution in [3.05, 3.63) is 29.6 Å². The predicted molar refractivity (Wildman–Crippen MR) is 78.4 cm³/mol. The van der Waals surface area contributed by atoms with Crippen molar-refractivity contribution in [2.24, 2.45) is 5.92 Å². The molecule has 1 aromatic rings. The van der Waals surface area contributed by atoms with Gasteiger partial charge in [0.1, 0.15) is 10.7 Å². The van der Waals surface area contributed by atoms with Crippen LogP contribution in [0, 0.1) is 11.7 Å². The van der Waals surface area contributed by atoms with E-state index in [-0.39, 0.29) is 16.9 Å². The quantitative estimate of drug-likeness (QED) is 0.812. The van der Waals surface area contributed by atoms with Crippen LogP contribution in [0.15, 0.2) is 23.1 Å². The molecule has 2 atom stereocenters. The average Bonchev–Trinajstić information content (AvgIpc) is 2.39. The predicted octanol–water partition coefficient (Wildman–Crippen LogP) is 2.26. The molecular formula is C14H23FN2O2S. The van der Waals surface area contributed by atoms with Crippen molar-refractivity contribution in [3.8, 4) is 0 Å². The first kappa shape index (κ1) is 17.1. The maximum atomic E-state index is 13.8. The fourth-order valence-corrected chi connectivity index (χ4v) is 3.33. The van der Waals surface area contributed by atoms with Crippen LogP contribution >= 0.6 is 0 Å². The van der Waals surface area contributed by atoms with Gasteiger partial charge in [0.05, 0.1) is 0 Å². The molecule has 4 nitrogen and oxygen atoms in total. The minimum atomic E-state index is -3.84. The topological polar surface area (TPSA) is 58.2 Å². The number of hydrogen-bond acceptors (Lipinski definition) is 3. The number of benzene rings is 1. The SMILES string of the molecule is CCC(C)C(C)NS(=O)(=O)c1cc(CNC)ccc1F. The molecular weight excluding hydrogens is 279 g/mol. The van der Waals surface area contributed by atoms with Crippen LogP contribution in [0.3, 0.4) is 0 Å². The van der Waals surface area contributed by atoms with Crippen molar-refractivity contribution < 1.29 is 12.8 Å². The first-order valence-electron chi connectivity index (χ1n) is 6.77. The minimum absolute atomic E-state index is 0.188. The molecule has 0 aliphatic carbocycles. The molecule has 6 heteroatoms. The summed E-state index contributed by atoms with van der Waals surface area (Å²) in [5, 5.41) is 2.91. The largest absolute Gasteiger partial charge is 0.316 e. The Morgan fingerprint density at radius 3 is 2.50 bits per heavy atom. The molecule has 0 radical (unpaired) electrons. The number of nitrogens with one attached hydrogen (secondary N) is 2. The molecule has 2 unspecified atom stereocenters. The lowest BCUT2D eigenvalue weighted by Gasteiger charge is -2.20. The van der Waals surface area contributed by atoms with Gasteiger partial charge in [-0.15, -0.1) is 0 Å². The zero-order valence-electron chi connectivity index (χ0n) is 12.4. The van der Waals surface area contributed by atoms with E-state index in [0.717, 1.165) is 12.0 Å². The normalized spacial score (nSPS) is 15.1. The van der Waals surface area contributed by atoms with Crippen molar-refractivity contribution in [3.63, 3.8) is 0 Å². The van der Waals surface area contributed by atoms with Gasteiger partial charge >= 0.3 is 0 Å². The van der Waals surface area contributed by atoms with Gasteiger partial charge in [0.25, 0.3) is 0 Å². The van der Waals surface area contributed by atoms with Crippen molar-refractivity contribution in [2.75, 3.05) is 7.05 Å². The second kappa shape index (κ2) is 7.15. The fourth-order valence-electron chi connectivity index (χ4n) is 1.85. The summed E-state index contributed by atoms with van der Waals surface area (Å²) in [6, 6.07) is 3.90. The summed E-state index contributed by atoms with van der Waals surface area (Å²) in [7, 11) is -2.09. The summed E-state index contributed by atoms with van der Waals surface area (Å²) >= 11 is 0. The first-order valence-corrected chi connectivity index (χ1v) is 8.25. The summed E-state index contributed by atoms with van der Waals surface area (Å²) in [5.74, 6) is -0.540. The Bertz CT molecular complexity index is 546. The van der Waals surface area contributed by atoms with E-state index in [0.29, 0.717) is 6.54 Å². The van der Waals surface area contributed by atoms with Crippen LogP contribution in [0.4, 0.5) is 4.39 Å². The van der Waals surface area contributed by atoms with Gasteiger partial charge in [0.15, 0.2) is 0 Å². The molecule has 0 bridgehead atoms. The summed E-state index contributed by atoms with van der Waals surface area (Å²) in [6.45, 7) is 6.23. The van der Waals surface area contributed by atoms with E-state index >= 15 is 0 Å². The summed E-state index contributed by atoms with van der Waals surface area (Å²) in [4.78, 5) is -0.291. The molecule has 20 heavy (non-hydrogen) atoms. The highest BCUT2D eigenvalue weighted by Gasteiger charge is 2.23. The van der Waals surface area contributed by atoms with Gasteiger partial charge in [-0.05, 0) is 37.6 Å². The fraction of sp³-hybridized carbons (Fsp3) is 0.571. The molecule has 0 aliphatic heterocycles. The lowest BCUT2D eigenvalue weighted by molar-refractivity contribution is 0.432. The monoisotopic (exact) mass is 302 g/mol. The molecule has 2 N–H and O–H groups in total. The van der Waals surface area contributed by atoms with Gasteiger partial charge in [0.2, 0.25) is 10.0 Å². The third-order valence-electron chi connectivity index (χ3n) is 3.50. The summed E-state index contributed by atoms with van der Waals surface area (Å²) in [5.41, 5.74) is 0.727. The molecule has 1 rings (SSSR count). The second-order valence-electron chi connectivity index (χ2n) is 5.09. The number of rotatable bonds is 7. The van der Waals surface area contributed by atoms with Crippen molar-refractivity contribution in [2.45, 2.75) is 44.7 Å². The molecule has 0 amide bonds. The highest BCUT2D eigenvalue weighted by atomic mass is 32.2. The Labute approximate surface area is 120 Å². The van der Waals surface area contributed by atoms with Gasteiger partial charge < -0.3 is 5.32 Å². The van der Waals surface area contributed by atoms with Crippen LogP contribution in [0.1, 0.15) is 32.8 Å². The minimum Gasteiger partial charge on any atom is -0.316 e. The summed E-state index contributed by atoms with van der Waals surface area (Å²) in [6.07, 6.45) is 0.853. The zero-order valence-corrected chi connectivity index (χ0v) is 13.2. The van der Waals surface area contributed by atoms with Gasteiger partial charge in [-0.1, -0.05) is 26.3 Å². The Kier molecular flexibility index (Phi) is 6.10. The molecule has 1 aromatic carbocycles. The van der Waals surface area contributed by atoms with E-state index in [4.69, 9.17) is 0 Å². The third-order valence-corrected chi connectivity index (χ3v) is 5.08. The maximum absolute atomic E-state index is 13.8. The van der Waals surface area contributed by atoms with Crippen molar-refractivity contribution >= 4 is 10.0 Å². The summed E-state index contributed by atoms with van der Waals surface area (Å²) < 4.78 is 40.9. The number of sulfonamides is 1. The van der Waals surface area contributed by atoms with Gasteiger partial charge in [-0.3, -0.25) is 0 Å². The van der Waals surface area contributed by atoms with Crippen LogP contribution in [0.25, 0.3) is 0 Å². The van der Waals surface area contributed by atoms with Crippen molar-refractivity contribution in [1.29, 1.82) is 0 Å². The maximum Gasteiger partial charge on any atom is 0.243 e. The van der Waals surface area contributed by atoms with Gasteiger partial charge in [0, 0.05) is 12.6 Å². The zero-order chi connectivity index (χ0) is 15.3. The molecule has 0 fully saturated rings. The Balaban J connectivity index is 3.05. The first-order chi connectivity index (χ1) is 9.31. The molecule has 0 aromatic heterocycles. The average molecular weight is 302 g/mol. The molecule has 0 spiro atoms. The van der Waals surface area contributed by atoms with Crippen LogP contribution in [-0.4, -0.2) is 21.5 Å². The Morgan fingerprint density at radius 1 is 1.30 bits per heavy atom. The van der Waals surface area contributed by atoms with Crippen LogP contribution in [-0.2, 0) is 16.6 Å². The molecule has 0 aliphatic rings. The van der Waals surface area contributed by atoms with E-state index in [1.165, 1.54) is 12.1 Å². The van der Waals surface area contributed by atoms with Crippen LogP contribution in [0.5, 0.6) is 0 Å². The second-order valence-corrected chi connectivity index (χ2v) is 6.77.